The number of nitrogens with two attached hydrogens (primary N) is 1. The minimum atomic E-state index is -0.447. The number of fused-ring (bicyclic) bond motifs is 1. The van der Waals surface area contributed by atoms with E-state index in [9.17, 15) is 9.59 Å². The number of Topliss-reactive ketones (excluding diaryl/α,β-unsaturated/α-hetero) is 1. The van der Waals surface area contributed by atoms with Gasteiger partial charge < -0.3 is 15.6 Å². The first-order chi connectivity index (χ1) is 12.2. The SMILES string of the molecule is Cn1c(C(=O)Nc2ccc(N)cc2)cc2cc(C(=O)C(C)(C)C)ccc21. The summed E-state index contributed by atoms with van der Waals surface area (Å²) in [6, 6.07) is 14.4. The number of benzene rings is 2. The van der Waals surface area contributed by atoms with Crippen molar-refractivity contribution in [1.82, 2.24) is 4.57 Å². The van der Waals surface area contributed by atoms with Gasteiger partial charge in [-0.3, -0.25) is 9.59 Å². The van der Waals surface area contributed by atoms with Crippen molar-refractivity contribution in [1.29, 1.82) is 0 Å². The summed E-state index contributed by atoms with van der Waals surface area (Å²) in [6.07, 6.45) is 0. The van der Waals surface area contributed by atoms with Gasteiger partial charge >= 0.3 is 0 Å². The summed E-state index contributed by atoms with van der Waals surface area (Å²) in [6.45, 7) is 5.70. The van der Waals surface area contributed by atoms with Gasteiger partial charge in [-0.05, 0) is 48.5 Å². The second kappa shape index (κ2) is 6.33. The standard InChI is InChI=1S/C21H23N3O2/c1-21(2,3)19(25)13-5-10-17-14(11-13)12-18(24(17)4)20(26)23-16-8-6-15(22)7-9-16/h5-12H,22H2,1-4H3,(H,23,26). The Bertz CT molecular complexity index is 993. The van der Waals surface area contributed by atoms with Crippen molar-refractivity contribution in [3.63, 3.8) is 0 Å². The van der Waals surface area contributed by atoms with Crippen molar-refractivity contribution >= 4 is 34.0 Å². The molecule has 2 aromatic carbocycles. The monoisotopic (exact) mass is 349 g/mol. The average Bonchev–Trinajstić information content (AvgIpc) is 2.92. The molecule has 3 rings (SSSR count). The zero-order valence-corrected chi connectivity index (χ0v) is 15.5. The lowest BCUT2D eigenvalue weighted by Crippen LogP contribution is -2.19. The van der Waals surface area contributed by atoms with Crippen LogP contribution in [0.15, 0.2) is 48.5 Å². The zero-order valence-electron chi connectivity index (χ0n) is 15.5. The number of carbonyl (C=O) groups excluding carboxylic acids is 2. The van der Waals surface area contributed by atoms with E-state index in [-0.39, 0.29) is 11.7 Å². The third-order valence-electron chi connectivity index (χ3n) is 4.39. The number of nitrogen functional groups attached to an aromatic ring is 1. The molecular formula is C21H23N3O2. The smallest absolute Gasteiger partial charge is 0.272 e. The summed E-state index contributed by atoms with van der Waals surface area (Å²) in [4.78, 5) is 25.1. The molecule has 0 bridgehead atoms. The quantitative estimate of drug-likeness (QED) is 0.548. The molecule has 0 atom stereocenters. The second-order valence-electron chi connectivity index (χ2n) is 7.52. The van der Waals surface area contributed by atoms with Crippen LogP contribution in [0.2, 0.25) is 0 Å². The number of anilines is 2. The Morgan fingerprint density at radius 2 is 1.65 bits per heavy atom. The highest BCUT2D eigenvalue weighted by molar-refractivity contribution is 6.08. The fourth-order valence-corrected chi connectivity index (χ4v) is 2.90. The molecule has 5 nitrogen and oxygen atoms in total. The molecule has 1 aromatic heterocycles. The third-order valence-corrected chi connectivity index (χ3v) is 4.39. The first kappa shape index (κ1) is 17.7. The zero-order chi connectivity index (χ0) is 19.1. The molecule has 0 aliphatic rings. The van der Waals surface area contributed by atoms with Crippen LogP contribution < -0.4 is 11.1 Å². The van der Waals surface area contributed by atoms with Crippen LogP contribution in [0.3, 0.4) is 0 Å². The van der Waals surface area contributed by atoms with Crippen molar-refractivity contribution in [2.75, 3.05) is 11.1 Å². The van der Waals surface area contributed by atoms with E-state index in [1.54, 1.807) is 30.3 Å². The van der Waals surface area contributed by atoms with Gasteiger partial charge in [-0.25, -0.2) is 0 Å². The predicted octanol–water partition coefficient (Wildman–Crippen LogP) is 4.24. The number of aromatic nitrogens is 1. The fourth-order valence-electron chi connectivity index (χ4n) is 2.90. The van der Waals surface area contributed by atoms with Gasteiger partial charge in [0.1, 0.15) is 5.69 Å². The molecule has 0 saturated heterocycles. The van der Waals surface area contributed by atoms with Crippen LogP contribution in [0.25, 0.3) is 10.9 Å². The van der Waals surface area contributed by atoms with Gasteiger partial charge in [0.05, 0.1) is 0 Å². The Balaban J connectivity index is 1.94. The van der Waals surface area contributed by atoms with Crippen molar-refractivity contribution in [3.8, 4) is 0 Å². The lowest BCUT2D eigenvalue weighted by Gasteiger charge is -2.16. The Morgan fingerprint density at radius 3 is 2.27 bits per heavy atom. The Hall–Kier alpha value is -3.08. The lowest BCUT2D eigenvalue weighted by molar-refractivity contribution is 0.0858. The molecule has 0 fully saturated rings. The highest BCUT2D eigenvalue weighted by Crippen LogP contribution is 2.26. The third kappa shape index (κ3) is 3.33. The Morgan fingerprint density at radius 1 is 1.00 bits per heavy atom. The molecule has 3 N–H and O–H groups in total. The van der Waals surface area contributed by atoms with E-state index in [1.807, 2.05) is 50.6 Å². The molecule has 0 spiro atoms. The molecular weight excluding hydrogens is 326 g/mol. The number of nitrogens with zero attached hydrogens (tertiary/aromatic N) is 1. The molecule has 3 aromatic rings. The molecule has 26 heavy (non-hydrogen) atoms. The van der Waals surface area contributed by atoms with Crippen LogP contribution in [-0.2, 0) is 7.05 Å². The first-order valence-corrected chi connectivity index (χ1v) is 8.48. The summed E-state index contributed by atoms with van der Waals surface area (Å²) in [7, 11) is 1.84. The predicted molar refractivity (Wildman–Crippen MR) is 106 cm³/mol. The van der Waals surface area contributed by atoms with E-state index in [1.165, 1.54) is 0 Å². The first-order valence-electron chi connectivity index (χ1n) is 8.48. The number of nitrogens with one attached hydrogen (secondary N) is 1. The molecule has 0 unspecified atom stereocenters. The van der Waals surface area contributed by atoms with Crippen molar-refractivity contribution in [3.05, 3.63) is 59.8 Å². The molecule has 1 heterocycles. The van der Waals surface area contributed by atoms with Crippen LogP contribution in [-0.4, -0.2) is 16.3 Å². The van der Waals surface area contributed by atoms with Gasteiger partial charge in [-0.2, -0.15) is 0 Å². The molecule has 0 saturated carbocycles. The molecule has 134 valence electrons. The number of amides is 1. The van der Waals surface area contributed by atoms with E-state index >= 15 is 0 Å². The van der Waals surface area contributed by atoms with Crippen molar-refractivity contribution in [2.45, 2.75) is 20.8 Å². The summed E-state index contributed by atoms with van der Waals surface area (Å²) in [5.41, 5.74) is 8.62. The van der Waals surface area contributed by atoms with Gasteiger partial charge in [-0.15, -0.1) is 0 Å². The number of ketones is 1. The molecule has 0 aliphatic carbocycles. The summed E-state index contributed by atoms with van der Waals surface area (Å²) < 4.78 is 1.83. The molecule has 0 radical (unpaired) electrons. The van der Waals surface area contributed by atoms with E-state index in [4.69, 9.17) is 5.73 Å². The Kier molecular flexibility index (Phi) is 4.32. The van der Waals surface area contributed by atoms with Gasteiger partial charge in [0.2, 0.25) is 0 Å². The number of hydrogen-bond acceptors (Lipinski definition) is 3. The number of aryl methyl sites for hydroxylation is 1. The maximum Gasteiger partial charge on any atom is 0.272 e. The van der Waals surface area contributed by atoms with Crippen LogP contribution in [0.4, 0.5) is 11.4 Å². The minimum absolute atomic E-state index is 0.0797. The van der Waals surface area contributed by atoms with E-state index in [2.05, 4.69) is 5.32 Å². The van der Waals surface area contributed by atoms with E-state index in [0.717, 1.165) is 10.9 Å². The highest BCUT2D eigenvalue weighted by atomic mass is 16.2. The largest absolute Gasteiger partial charge is 0.399 e. The molecule has 1 amide bonds. The van der Waals surface area contributed by atoms with Gasteiger partial charge in [0.15, 0.2) is 5.78 Å². The van der Waals surface area contributed by atoms with Crippen LogP contribution in [0.5, 0.6) is 0 Å². The summed E-state index contributed by atoms with van der Waals surface area (Å²) >= 11 is 0. The molecule has 0 aliphatic heterocycles. The topological polar surface area (TPSA) is 77.1 Å². The van der Waals surface area contributed by atoms with Crippen LogP contribution in [0.1, 0.15) is 41.6 Å². The van der Waals surface area contributed by atoms with Crippen LogP contribution >= 0.6 is 0 Å². The average molecular weight is 349 g/mol. The number of carbonyl (C=O) groups is 2. The number of hydrogen-bond donors (Lipinski definition) is 2. The molecule has 5 heteroatoms. The highest BCUT2D eigenvalue weighted by Gasteiger charge is 2.23. The second-order valence-corrected chi connectivity index (χ2v) is 7.52. The maximum absolute atomic E-state index is 12.6. The van der Waals surface area contributed by atoms with E-state index in [0.29, 0.717) is 22.6 Å². The van der Waals surface area contributed by atoms with Gasteiger partial charge in [0.25, 0.3) is 5.91 Å². The van der Waals surface area contributed by atoms with Gasteiger partial charge in [0, 0.05) is 40.3 Å². The maximum atomic E-state index is 12.6. The van der Waals surface area contributed by atoms with Crippen molar-refractivity contribution < 1.29 is 9.59 Å². The van der Waals surface area contributed by atoms with Gasteiger partial charge in [-0.1, -0.05) is 20.8 Å². The normalized spacial score (nSPS) is 11.5. The Labute approximate surface area is 152 Å². The minimum Gasteiger partial charge on any atom is -0.399 e. The fraction of sp³-hybridized carbons (Fsp3) is 0.238. The van der Waals surface area contributed by atoms with Crippen molar-refractivity contribution in [2.24, 2.45) is 12.5 Å². The summed E-state index contributed by atoms with van der Waals surface area (Å²) in [5, 5.41) is 3.73. The number of rotatable bonds is 3. The lowest BCUT2D eigenvalue weighted by atomic mass is 9.86. The van der Waals surface area contributed by atoms with Crippen LogP contribution in [0, 0.1) is 5.41 Å². The summed E-state index contributed by atoms with van der Waals surface area (Å²) in [5.74, 6) is -0.131. The van der Waals surface area contributed by atoms with E-state index < -0.39 is 5.41 Å².